The Morgan fingerprint density at radius 2 is 1.39 bits per heavy atom. The second-order valence-electron chi connectivity index (χ2n) is 6.19. The van der Waals surface area contributed by atoms with Crippen molar-refractivity contribution in [3.63, 3.8) is 0 Å². The highest BCUT2D eigenvalue weighted by Crippen LogP contribution is 2.47. The Labute approximate surface area is 166 Å². The maximum absolute atomic E-state index is 12.9. The fourth-order valence-corrected chi connectivity index (χ4v) is 4.08. The van der Waals surface area contributed by atoms with Crippen molar-refractivity contribution in [2.45, 2.75) is 15.9 Å². The zero-order valence-electron chi connectivity index (χ0n) is 14.8. The van der Waals surface area contributed by atoms with Crippen LogP contribution < -0.4 is 4.90 Å². The number of para-hydroxylation sites is 2. The molecule has 1 N–H and O–H groups in total. The normalized spacial score (nSPS) is 13.2. The van der Waals surface area contributed by atoms with Crippen LogP contribution in [-0.2, 0) is 14.3 Å². The number of aliphatic hydroxyl groups is 1. The van der Waals surface area contributed by atoms with Gasteiger partial charge in [0.05, 0.1) is 11.4 Å². The highest BCUT2D eigenvalue weighted by molar-refractivity contribution is 7.99. The molecule has 0 radical (unpaired) electrons. The summed E-state index contributed by atoms with van der Waals surface area (Å²) in [6.07, 6.45) is -1.43. The summed E-state index contributed by atoms with van der Waals surface area (Å²) in [7, 11) is 0. The summed E-state index contributed by atoms with van der Waals surface area (Å²) in [5.74, 6) is -1.23. The van der Waals surface area contributed by atoms with Gasteiger partial charge >= 0.3 is 5.97 Å². The molecule has 5 nitrogen and oxygen atoms in total. The second-order valence-corrected chi connectivity index (χ2v) is 7.27. The van der Waals surface area contributed by atoms with Gasteiger partial charge in [-0.3, -0.25) is 9.69 Å². The van der Waals surface area contributed by atoms with Gasteiger partial charge in [0, 0.05) is 9.79 Å². The van der Waals surface area contributed by atoms with Gasteiger partial charge in [0.15, 0.2) is 12.7 Å². The number of amides is 1. The molecule has 1 aliphatic heterocycles. The van der Waals surface area contributed by atoms with Crippen LogP contribution in [0.2, 0.25) is 0 Å². The number of esters is 1. The molecule has 6 heteroatoms. The molecule has 0 spiro atoms. The first-order valence-electron chi connectivity index (χ1n) is 8.73. The van der Waals surface area contributed by atoms with Crippen molar-refractivity contribution in [2.75, 3.05) is 11.5 Å². The lowest BCUT2D eigenvalue weighted by atomic mass is 10.1. The Bertz CT molecular complexity index is 976. The van der Waals surface area contributed by atoms with Crippen LogP contribution >= 0.6 is 11.8 Å². The number of rotatable bonds is 4. The Morgan fingerprint density at radius 3 is 2.00 bits per heavy atom. The molecule has 0 bridgehead atoms. The van der Waals surface area contributed by atoms with Gasteiger partial charge in [0.2, 0.25) is 0 Å². The molecule has 1 aliphatic rings. The zero-order valence-corrected chi connectivity index (χ0v) is 15.6. The van der Waals surface area contributed by atoms with E-state index < -0.39 is 18.7 Å². The quantitative estimate of drug-likeness (QED) is 0.679. The third kappa shape index (κ3) is 3.52. The molecule has 1 atom stereocenters. The van der Waals surface area contributed by atoms with Crippen LogP contribution in [0.5, 0.6) is 0 Å². The van der Waals surface area contributed by atoms with Gasteiger partial charge in [-0.15, -0.1) is 0 Å². The topological polar surface area (TPSA) is 66.8 Å². The van der Waals surface area contributed by atoms with Gasteiger partial charge in [-0.05, 0) is 29.8 Å². The van der Waals surface area contributed by atoms with Crippen LogP contribution in [-0.4, -0.2) is 23.6 Å². The monoisotopic (exact) mass is 391 g/mol. The summed E-state index contributed by atoms with van der Waals surface area (Å²) in [5, 5.41) is 10.1. The minimum atomic E-state index is -1.43. The molecule has 140 valence electrons. The van der Waals surface area contributed by atoms with Crippen LogP contribution in [0.1, 0.15) is 11.7 Å². The van der Waals surface area contributed by atoms with Crippen LogP contribution in [0.25, 0.3) is 0 Å². The van der Waals surface area contributed by atoms with Crippen LogP contribution in [0.3, 0.4) is 0 Å². The maximum atomic E-state index is 12.9. The first-order chi connectivity index (χ1) is 13.6. The molecule has 28 heavy (non-hydrogen) atoms. The van der Waals surface area contributed by atoms with Gasteiger partial charge in [-0.25, -0.2) is 4.79 Å². The minimum absolute atomic E-state index is 0.381. The molecule has 0 fully saturated rings. The van der Waals surface area contributed by atoms with Crippen molar-refractivity contribution in [3.8, 4) is 0 Å². The number of carbonyl (C=O) groups is 2. The average Bonchev–Trinajstić information content (AvgIpc) is 2.75. The van der Waals surface area contributed by atoms with Crippen LogP contribution in [0, 0.1) is 0 Å². The molecule has 3 aromatic rings. The lowest BCUT2D eigenvalue weighted by Gasteiger charge is -2.30. The molecule has 0 aliphatic carbocycles. The minimum Gasteiger partial charge on any atom is -0.453 e. The SMILES string of the molecule is O=C(OCC(=O)N1c2ccccc2Sc2ccccc21)[C@@H](O)c1ccccc1. The summed E-state index contributed by atoms with van der Waals surface area (Å²) < 4.78 is 5.12. The van der Waals surface area contributed by atoms with Crippen molar-refractivity contribution in [1.29, 1.82) is 0 Å². The predicted molar refractivity (Wildman–Crippen MR) is 107 cm³/mol. The summed E-state index contributed by atoms with van der Waals surface area (Å²) in [6.45, 7) is -0.462. The van der Waals surface area contributed by atoms with Crippen LogP contribution in [0.15, 0.2) is 88.7 Å². The third-order valence-electron chi connectivity index (χ3n) is 4.36. The lowest BCUT2D eigenvalue weighted by Crippen LogP contribution is -2.33. The Hall–Kier alpha value is -3.09. The Kier molecular flexibility index (Phi) is 5.14. The van der Waals surface area contributed by atoms with E-state index in [2.05, 4.69) is 0 Å². The fraction of sp³-hybridized carbons (Fsp3) is 0.0909. The van der Waals surface area contributed by atoms with Gasteiger partial charge in [0.1, 0.15) is 0 Å². The number of hydrogen-bond acceptors (Lipinski definition) is 5. The van der Waals surface area contributed by atoms with E-state index >= 15 is 0 Å². The number of nitrogens with zero attached hydrogens (tertiary/aromatic N) is 1. The van der Waals surface area contributed by atoms with E-state index in [0.717, 1.165) is 21.2 Å². The Morgan fingerprint density at radius 1 is 0.857 bits per heavy atom. The molecule has 0 unspecified atom stereocenters. The number of aliphatic hydroxyl groups excluding tert-OH is 1. The van der Waals surface area contributed by atoms with Gasteiger partial charge in [-0.1, -0.05) is 66.4 Å². The van der Waals surface area contributed by atoms with Crippen molar-refractivity contribution in [2.24, 2.45) is 0 Å². The lowest BCUT2D eigenvalue weighted by molar-refractivity contribution is -0.156. The van der Waals surface area contributed by atoms with E-state index in [0.29, 0.717) is 5.56 Å². The largest absolute Gasteiger partial charge is 0.453 e. The molecular formula is C22H17NO4S. The first-order valence-corrected chi connectivity index (χ1v) is 9.55. The predicted octanol–water partition coefficient (Wildman–Crippen LogP) is 4.09. The Balaban J connectivity index is 1.53. The number of carbonyl (C=O) groups excluding carboxylic acids is 2. The van der Waals surface area contributed by atoms with Crippen molar-refractivity contribution in [3.05, 3.63) is 84.4 Å². The highest BCUT2D eigenvalue weighted by Gasteiger charge is 2.29. The summed E-state index contributed by atoms with van der Waals surface area (Å²) in [4.78, 5) is 28.6. The van der Waals surface area contributed by atoms with E-state index in [9.17, 15) is 14.7 Å². The van der Waals surface area contributed by atoms with E-state index in [1.807, 2.05) is 48.5 Å². The molecule has 4 rings (SSSR count). The van der Waals surface area contributed by atoms with E-state index in [1.54, 1.807) is 47.0 Å². The van der Waals surface area contributed by atoms with Gasteiger partial charge in [0.25, 0.3) is 5.91 Å². The standard InChI is InChI=1S/C22H17NO4S/c24-20(14-27-22(26)21(25)15-8-2-1-3-9-15)23-16-10-4-6-12-18(16)28-19-13-7-5-11-17(19)23/h1-13,21,25H,14H2/t21-/m0/s1. The van der Waals surface area contributed by atoms with Gasteiger partial charge < -0.3 is 9.84 Å². The number of ether oxygens (including phenoxy) is 1. The summed E-state index contributed by atoms with van der Waals surface area (Å²) in [6, 6.07) is 23.6. The van der Waals surface area contributed by atoms with Crippen molar-refractivity contribution >= 4 is 35.0 Å². The smallest absolute Gasteiger partial charge is 0.340 e. The molecule has 0 saturated heterocycles. The molecule has 1 heterocycles. The third-order valence-corrected chi connectivity index (χ3v) is 5.49. The summed E-state index contributed by atoms with van der Waals surface area (Å²) >= 11 is 1.59. The van der Waals surface area contributed by atoms with E-state index in [-0.39, 0.29) is 5.91 Å². The number of hydrogen-bond donors (Lipinski definition) is 1. The van der Waals surface area contributed by atoms with E-state index in [1.165, 1.54) is 0 Å². The van der Waals surface area contributed by atoms with Crippen molar-refractivity contribution < 1.29 is 19.4 Å². The first kappa shape index (κ1) is 18.3. The molecule has 0 saturated carbocycles. The van der Waals surface area contributed by atoms with Crippen molar-refractivity contribution in [1.82, 2.24) is 0 Å². The second kappa shape index (κ2) is 7.88. The van der Waals surface area contributed by atoms with Crippen LogP contribution in [0.4, 0.5) is 11.4 Å². The molecule has 1 amide bonds. The number of benzene rings is 3. The number of fused-ring (bicyclic) bond motifs is 2. The van der Waals surface area contributed by atoms with Gasteiger partial charge in [-0.2, -0.15) is 0 Å². The highest BCUT2D eigenvalue weighted by atomic mass is 32.2. The molecule has 0 aromatic heterocycles. The fourth-order valence-electron chi connectivity index (χ4n) is 3.02. The average molecular weight is 391 g/mol. The zero-order chi connectivity index (χ0) is 19.5. The number of anilines is 2. The van der Waals surface area contributed by atoms with E-state index in [4.69, 9.17) is 4.74 Å². The molecule has 3 aromatic carbocycles. The molecular weight excluding hydrogens is 374 g/mol. The maximum Gasteiger partial charge on any atom is 0.340 e. The summed E-state index contributed by atoms with van der Waals surface area (Å²) in [5.41, 5.74) is 1.91.